The molecule has 1 aliphatic heterocycles. The van der Waals surface area contributed by atoms with E-state index in [1.54, 1.807) is 19.1 Å². The van der Waals surface area contributed by atoms with Crippen molar-refractivity contribution in [2.75, 3.05) is 13.1 Å². The molecule has 112 valence electrons. The number of hydrogen-bond acceptors (Lipinski definition) is 3. The minimum absolute atomic E-state index is 0.0952. The number of sulfonamides is 1. The summed E-state index contributed by atoms with van der Waals surface area (Å²) in [4.78, 5) is 0.334. The lowest BCUT2D eigenvalue weighted by Gasteiger charge is -2.34. The second-order valence-electron chi connectivity index (χ2n) is 5.45. The van der Waals surface area contributed by atoms with Crippen LogP contribution in [0.2, 0.25) is 5.02 Å². The first-order valence-corrected chi connectivity index (χ1v) is 8.46. The highest BCUT2D eigenvalue weighted by atomic mass is 35.5. The number of nitrogens with zero attached hydrogens (tertiary/aromatic N) is 1. The Balaban J connectivity index is 2.42. The highest BCUT2D eigenvalue weighted by Gasteiger charge is 2.33. The second kappa shape index (κ2) is 5.64. The maximum atomic E-state index is 12.8. The molecule has 0 bridgehead atoms. The molecule has 20 heavy (non-hydrogen) atoms. The number of ether oxygens (including phenoxy) is 1. The molecular weight excluding hydrogens is 298 g/mol. The summed E-state index contributed by atoms with van der Waals surface area (Å²) in [7, 11) is -3.50. The Morgan fingerprint density at radius 1 is 1.15 bits per heavy atom. The molecule has 1 saturated heterocycles. The van der Waals surface area contributed by atoms with Crippen LogP contribution in [0.25, 0.3) is 0 Å². The third kappa shape index (κ3) is 3.01. The molecule has 0 aromatic heterocycles. The van der Waals surface area contributed by atoms with E-state index in [4.69, 9.17) is 16.3 Å². The summed E-state index contributed by atoms with van der Waals surface area (Å²) in [5, 5.41) is 0.588. The van der Waals surface area contributed by atoms with Gasteiger partial charge in [0.15, 0.2) is 0 Å². The van der Waals surface area contributed by atoms with Gasteiger partial charge in [-0.05, 0) is 51.0 Å². The smallest absolute Gasteiger partial charge is 0.243 e. The molecule has 1 fully saturated rings. The predicted molar refractivity (Wildman–Crippen MR) is 79.7 cm³/mol. The number of halogens is 1. The fraction of sp³-hybridized carbons (Fsp3) is 0.571. The van der Waals surface area contributed by atoms with E-state index in [1.807, 2.05) is 20.8 Å². The van der Waals surface area contributed by atoms with Crippen LogP contribution in [0.1, 0.15) is 25.0 Å². The van der Waals surface area contributed by atoms with Gasteiger partial charge in [-0.15, -0.1) is 0 Å². The predicted octanol–water partition coefficient (Wildman–Crippen LogP) is 2.75. The number of aryl methyl sites for hydroxylation is 2. The van der Waals surface area contributed by atoms with Crippen molar-refractivity contribution in [3.05, 3.63) is 28.3 Å². The molecule has 0 saturated carbocycles. The zero-order chi connectivity index (χ0) is 15.1. The van der Waals surface area contributed by atoms with E-state index in [0.29, 0.717) is 28.6 Å². The molecule has 2 atom stereocenters. The summed E-state index contributed by atoms with van der Waals surface area (Å²) >= 11 is 6.04. The average molecular weight is 318 g/mol. The molecule has 0 unspecified atom stereocenters. The first kappa shape index (κ1) is 15.8. The largest absolute Gasteiger partial charge is 0.373 e. The number of benzene rings is 1. The van der Waals surface area contributed by atoms with Crippen molar-refractivity contribution in [3.8, 4) is 0 Å². The lowest BCUT2D eigenvalue weighted by Crippen LogP contribution is -2.48. The van der Waals surface area contributed by atoms with Gasteiger partial charge in [0.25, 0.3) is 0 Å². The van der Waals surface area contributed by atoms with Gasteiger partial charge in [0.1, 0.15) is 0 Å². The van der Waals surface area contributed by atoms with Gasteiger partial charge in [-0.25, -0.2) is 8.42 Å². The maximum absolute atomic E-state index is 12.8. The Bertz CT molecular complexity index is 605. The number of hydrogen-bond donors (Lipinski definition) is 0. The molecule has 1 aliphatic rings. The Labute approximate surface area is 125 Å². The lowest BCUT2D eigenvalue weighted by atomic mass is 10.2. The molecule has 0 spiro atoms. The molecule has 0 aliphatic carbocycles. The summed E-state index contributed by atoms with van der Waals surface area (Å²) in [5.74, 6) is 0. The molecule has 4 nitrogen and oxygen atoms in total. The zero-order valence-corrected chi connectivity index (χ0v) is 13.8. The third-order valence-electron chi connectivity index (χ3n) is 3.46. The van der Waals surface area contributed by atoms with Crippen LogP contribution in [0.15, 0.2) is 17.0 Å². The quantitative estimate of drug-likeness (QED) is 0.842. The summed E-state index contributed by atoms with van der Waals surface area (Å²) in [6.07, 6.45) is -0.190. The summed E-state index contributed by atoms with van der Waals surface area (Å²) in [6, 6.07) is 3.36. The second-order valence-corrected chi connectivity index (χ2v) is 7.76. The summed E-state index contributed by atoms with van der Waals surface area (Å²) in [6.45, 7) is 8.12. The van der Waals surface area contributed by atoms with Crippen molar-refractivity contribution in [2.45, 2.75) is 44.8 Å². The fourth-order valence-electron chi connectivity index (χ4n) is 2.50. The lowest BCUT2D eigenvalue weighted by molar-refractivity contribution is -0.0440. The molecule has 1 aromatic carbocycles. The van der Waals surface area contributed by atoms with Gasteiger partial charge in [-0.3, -0.25) is 0 Å². The van der Waals surface area contributed by atoms with E-state index in [0.717, 1.165) is 5.56 Å². The molecule has 2 rings (SSSR count). The van der Waals surface area contributed by atoms with Crippen LogP contribution < -0.4 is 0 Å². The van der Waals surface area contributed by atoms with Crippen LogP contribution in [0.4, 0.5) is 0 Å². The zero-order valence-electron chi connectivity index (χ0n) is 12.2. The molecular formula is C14H20ClNO3S. The van der Waals surface area contributed by atoms with Crippen molar-refractivity contribution < 1.29 is 13.2 Å². The van der Waals surface area contributed by atoms with Gasteiger partial charge >= 0.3 is 0 Å². The molecule has 0 radical (unpaired) electrons. The Morgan fingerprint density at radius 3 is 2.25 bits per heavy atom. The van der Waals surface area contributed by atoms with Crippen LogP contribution in [-0.4, -0.2) is 38.0 Å². The van der Waals surface area contributed by atoms with Gasteiger partial charge in [0.2, 0.25) is 10.0 Å². The van der Waals surface area contributed by atoms with E-state index in [9.17, 15) is 8.42 Å². The first-order valence-electron chi connectivity index (χ1n) is 6.64. The van der Waals surface area contributed by atoms with Crippen molar-refractivity contribution in [3.63, 3.8) is 0 Å². The fourth-order valence-corrected chi connectivity index (χ4v) is 4.60. The van der Waals surface area contributed by atoms with Crippen molar-refractivity contribution in [1.29, 1.82) is 0 Å². The third-order valence-corrected chi connectivity index (χ3v) is 5.84. The van der Waals surface area contributed by atoms with Gasteiger partial charge < -0.3 is 4.74 Å². The average Bonchev–Trinajstić information content (AvgIpc) is 2.32. The Kier molecular flexibility index (Phi) is 4.44. The molecule has 0 amide bonds. The summed E-state index contributed by atoms with van der Waals surface area (Å²) < 4.78 is 32.7. The van der Waals surface area contributed by atoms with E-state index in [2.05, 4.69) is 0 Å². The van der Waals surface area contributed by atoms with Crippen molar-refractivity contribution in [2.24, 2.45) is 0 Å². The Hall–Kier alpha value is -0.620. The topological polar surface area (TPSA) is 46.6 Å². The van der Waals surface area contributed by atoms with Crippen LogP contribution >= 0.6 is 11.6 Å². The van der Waals surface area contributed by atoms with E-state index in [1.165, 1.54) is 4.31 Å². The maximum Gasteiger partial charge on any atom is 0.243 e. The molecule has 1 aromatic rings. The van der Waals surface area contributed by atoms with Crippen molar-refractivity contribution in [1.82, 2.24) is 4.31 Å². The van der Waals surface area contributed by atoms with Crippen LogP contribution in [0.5, 0.6) is 0 Å². The van der Waals surface area contributed by atoms with Crippen molar-refractivity contribution >= 4 is 21.6 Å². The molecule has 0 N–H and O–H groups in total. The van der Waals surface area contributed by atoms with E-state index < -0.39 is 10.0 Å². The van der Waals surface area contributed by atoms with E-state index in [-0.39, 0.29) is 12.2 Å². The highest BCUT2D eigenvalue weighted by molar-refractivity contribution is 7.89. The number of rotatable bonds is 2. The van der Waals surface area contributed by atoms with E-state index >= 15 is 0 Å². The van der Waals surface area contributed by atoms with Gasteiger partial charge in [0.05, 0.1) is 17.1 Å². The van der Waals surface area contributed by atoms with Gasteiger partial charge in [-0.1, -0.05) is 11.6 Å². The monoisotopic (exact) mass is 317 g/mol. The van der Waals surface area contributed by atoms with Crippen LogP contribution in [0.3, 0.4) is 0 Å². The van der Waals surface area contributed by atoms with Crippen LogP contribution in [-0.2, 0) is 14.8 Å². The minimum Gasteiger partial charge on any atom is -0.373 e. The SMILES string of the molecule is Cc1cc(S(=O)(=O)N2C[C@H](C)O[C@@H](C)C2)c(C)cc1Cl. The first-order chi connectivity index (χ1) is 9.21. The van der Waals surface area contributed by atoms with Gasteiger partial charge in [0, 0.05) is 18.1 Å². The standard InChI is InChI=1S/C14H20ClNO3S/c1-9-6-14(10(2)5-13(9)15)20(17,18)16-7-11(3)19-12(4)8-16/h5-6,11-12H,7-8H2,1-4H3/t11-,12-/m0/s1. The molecule has 6 heteroatoms. The Morgan fingerprint density at radius 2 is 1.70 bits per heavy atom. The molecule has 1 heterocycles. The normalized spacial score (nSPS) is 24.9. The highest BCUT2D eigenvalue weighted by Crippen LogP contribution is 2.28. The van der Waals surface area contributed by atoms with Gasteiger partial charge in [-0.2, -0.15) is 4.31 Å². The minimum atomic E-state index is -3.50. The number of morpholine rings is 1. The summed E-state index contributed by atoms with van der Waals surface area (Å²) in [5.41, 5.74) is 1.44. The van der Waals surface area contributed by atoms with Crippen LogP contribution in [0, 0.1) is 13.8 Å².